The predicted molar refractivity (Wildman–Crippen MR) is 109 cm³/mol. The average Bonchev–Trinajstić information content (AvgIpc) is 2.65. The molecule has 3 rings (SSSR count). The number of carbonyl (C=O) groups excluding carboxylic acids is 1. The van der Waals surface area contributed by atoms with Gasteiger partial charge in [-0.1, -0.05) is 6.92 Å². The van der Waals surface area contributed by atoms with Crippen molar-refractivity contribution in [1.29, 1.82) is 0 Å². The van der Waals surface area contributed by atoms with Gasteiger partial charge in [-0.25, -0.2) is 12.8 Å². The summed E-state index contributed by atoms with van der Waals surface area (Å²) >= 11 is 0. The minimum absolute atomic E-state index is 0. The fraction of sp³-hybridized carbons (Fsp3) is 0.316. The molecule has 2 unspecified atom stereocenters. The van der Waals surface area contributed by atoms with Crippen molar-refractivity contribution in [3.8, 4) is 0 Å². The van der Waals surface area contributed by atoms with Crippen molar-refractivity contribution in [2.45, 2.75) is 24.3 Å². The largest absolute Gasteiger partial charge is 0.349 e. The van der Waals surface area contributed by atoms with Crippen LogP contribution < -0.4 is 15.4 Å². The molecule has 9 heteroatoms. The van der Waals surface area contributed by atoms with Gasteiger partial charge in [0.2, 0.25) is 0 Å². The van der Waals surface area contributed by atoms with Gasteiger partial charge < -0.3 is 10.6 Å². The lowest BCUT2D eigenvalue weighted by Gasteiger charge is -2.30. The summed E-state index contributed by atoms with van der Waals surface area (Å²) in [6.45, 7) is 3.80. The molecule has 0 spiro atoms. The van der Waals surface area contributed by atoms with Crippen LogP contribution in [-0.4, -0.2) is 33.5 Å². The highest BCUT2D eigenvalue weighted by Gasteiger charge is 2.23. The second-order valence-electron chi connectivity index (χ2n) is 6.69. The molecule has 1 aliphatic heterocycles. The molecule has 0 bridgehead atoms. The summed E-state index contributed by atoms with van der Waals surface area (Å²) in [6.07, 6.45) is 0.862. The zero-order chi connectivity index (χ0) is 19.4. The lowest BCUT2D eigenvalue weighted by molar-refractivity contribution is 0.0914. The molecule has 2 aromatic rings. The Labute approximate surface area is 170 Å². The highest BCUT2D eigenvalue weighted by Crippen LogP contribution is 2.18. The molecule has 1 aliphatic rings. The minimum Gasteiger partial charge on any atom is -0.349 e. The SMILES string of the molecule is CC1CNCCC1NC(=O)c1ccc(S(=O)(=O)Nc2ccc(F)cc2)cc1.Cl. The first-order chi connectivity index (χ1) is 12.8. The third-order valence-electron chi connectivity index (χ3n) is 4.63. The smallest absolute Gasteiger partial charge is 0.261 e. The number of carbonyl (C=O) groups is 1. The molecule has 1 heterocycles. The highest BCUT2D eigenvalue weighted by atomic mass is 35.5. The van der Waals surface area contributed by atoms with Crippen molar-refractivity contribution < 1.29 is 17.6 Å². The highest BCUT2D eigenvalue weighted by molar-refractivity contribution is 7.92. The van der Waals surface area contributed by atoms with E-state index in [1.165, 1.54) is 48.5 Å². The van der Waals surface area contributed by atoms with Gasteiger partial charge in [-0.15, -0.1) is 12.4 Å². The van der Waals surface area contributed by atoms with Crippen molar-refractivity contribution in [2.75, 3.05) is 17.8 Å². The summed E-state index contributed by atoms with van der Waals surface area (Å²) in [5.41, 5.74) is 0.666. The minimum atomic E-state index is -3.82. The number of anilines is 1. The lowest BCUT2D eigenvalue weighted by atomic mass is 9.95. The van der Waals surface area contributed by atoms with E-state index in [2.05, 4.69) is 22.3 Å². The van der Waals surface area contributed by atoms with E-state index in [4.69, 9.17) is 0 Å². The molecule has 2 atom stereocenters. The van der Waals surface area contributed by atoms with Crippen molar-refractivity contribution in [2.24, 2.45) is 5.92 Å². The van der Waals surface area contributed by atoms with E-state index in [0.29, 0.717) is 11.5 Å². The number of hydrogen-bond acceptors (Lipinski definition) is 4. The van der Waals surface area contributed by atoms with Crippen molar-refractivity contribution in [3.05, 3.63) is 59.9 Å². The Morgan fingerprint density at radius 3 is 2.36 bits per heavy atom. The van der Waals surface area contributed by atoms with Gasteiger partial charge in [-0.05, 0) is 74.0 Å². The fourth-order valence-electron chi connectivity index (χ4n) is 3.00. The first-order valence-corrected chi connectivity index (χ1v) is 10.2. The Kier molecular flexibility index (Phi) is 7.40. The zero-order valence-electron chi connectivity index (χ0n) is 15.3. The summed E-state index contributed by atoms with van der Waals surface area (Å²) in [5, 5.41) is 6.29. The monoisotopic (exact) mass is 427 g/mol. The molecule has 3 N–H and O–H groups in total. The summed E-state index contributed by atoms with van der Waals surface area (Å²) < 4.78 is 40.1. The topological polar surface area (TPSA) is 87.3 Å². The molecule has 0 radical (unpaired) electrons. The number of amides is 1. The van der Waals surface area contributed by atoms with Gasteiger partial charge in [0.25, 0.3) is 15.9 Å². The molecule has 2 aromatic carbocycles. The second kappa shape index (κ2) is 9.36. The summed E-state index contributed by atoms with van der Waals surface area (Å²) in [7, 11) is -3.82. The zero-order valence-corrected chi connectivity index (χ0v) is 16.9. The molecule has 6 nitrogen and oxygen atoms in total. The van der Waals surface area contributed by atoms with Crippen LogP contribution in [0.3, 0.4) is 0 Å². The van der Waals surface area contributed by atoms with Gasteiger partial charge in [0.1, 0.15) is 5.82 Å². The van der Waals surface area contributed by atoms with E-state index in [9.17, 15) is 17.6 Å². The van der Waals surface area contributed by atoms with E-state index >= 15 is 0 Å². The molecule has 1 fully saturated rings. The molecule has 0 saturated carbocycles. The van der Waals surface area contributed by atoms with E-state index < -0.39 is 15.8 Å². The van der Waals surface area contributed by atoms with Crippen LogP contribution in [0.4, 0.5) is 10.1 Å². The van der Waals surface area contributed by atoms with Crippen LogP contribution in [-0.2, 0) is 10.0 Å². The summed E-state index contributed by atoms with van der Waals surface area (Å²) in [6, 6.07) is 10.9. The lowest BCUT2D eigenvalue weighted by Crippen LogP contribution is -2.48. The van der Waals surface area contributed by atoms with Gasteiger partial charge in [0, 0.05) is 17.3 Å². The van der Waals surface area contributed by atoms with Gasteiger partial charge in [-0.3, -0.25) is 9.52 Å². The van der Waals surface area contributed by atoms with E-state index in [1.807, 2.05) is 0 Å². The van der Waals surface area contributed by atoms with Crippen LogP contribution in [0.25, 0.3) is 0 Å². The number of rotatable bonds is 5. The first kappa shape index (κ1) is 22.1. The third-order valence-corrected chi connectivity index (χ3v) is 6.02. The van der Waals surface area contributed by atoms with Gasteiger partial charge in [0.15, 0.2) is 0 Å². The van der Waals surface area contributed by atoms with Gasteiger partial charge >= 0.3 is 0 Å². The Bertz CT molecular complexity index is 905. The van der Waals surface area contributed by atoms with Gasteiger partial charge in [-0.2, -0.15) is 0 Å². The normalized spacial score (nSPS) is 19.4. The number of benzene rings is 2. The summed E-state index contributed by atoms with van der Waals surface area (Å²) in [5.74, 6) is -0.331. The number of piperidine rings is 1. The maximum absolute atomic E-state index is 12.9. The van der Waals surface area contributed by atoms with Crippen LogP contribution in [0.2, 0.25) is 0 Å². The Balaban J connectivity index is 0.00000280. The maximum Gasteiger partial charge on any atom is 0.261 e. The molecule has 152 valence electrons. The van der Waals surface area contributed by atoms with Crippen molar-refractivity contribution >= 4 is 34.0 Å². The third kappa shape index (κ3) is 5.43. The van der Waals surface area contributed by atoms with Crippen LogP contribution >= 0.6 is 12.4 Å². The van der Waals surface area contributed by atoms with Crippen LogP contribution in [0.1, 0.15) is 23.7 Å². The van der Waals surface area contributed by atoms with Crippen LogP contribution in [0.15, 0.2) is 53.4 Å². The van der Waals surface area contributed by atoms with Crippen LogP contribution in [0, 0.1) is 11.7 Å². The molecular formula is C19H23ClFN3O3S. The Morgan fingerprint density at radius 2 is 1.75 bits per heavy atom. The number of sulfonamides is 1. The molecule has 0 aliphatic carbocycles. The molecule has 1 amide bonds. The summed E-state index contributed by atoms with van der Waals surface area (Å²) in [4.78, 5) is 12.4. The number of hydrogen-bond donors (Lipinski definition) is 3. The average molecular weight is 428 g/mol. The van der Waals surface area contributed by atoms with E-state index in [0.717, 1.165) is 19.5 Å². The van der Waals surface area contributed by atoms with Gasteiger partial charge in [0.05, 0.1) is 4.90 Å². The number of nitrogens with one attached hydrogen (secondary N) is 3. The number of halogens is 2. The Hall–Kier alpha value is -2.16. The molecular weight excluding hydrogens is 405 g/mol. The molecule has 0 aromatic heterocycles. The van der Waals surface area contributed by atoms with E-state index in [-0.39, 0.29) is 34.9 Å². The fourth-order valence-corrected chi connectivity index (χ4v) is 4.06. The second-order valence-corrected chi connectivity index (χ2v) is 8.37. The molecule has 28 heavy (non-hydrogen) atoms. The van der Waals surface area contributed by atoms with Crippen LogP contribution in [0.5, 0.6) is 0 Å². The quantitative estimate of drug-likeness (QED) is 0.684. The molecule has 1 saturated heterocycles. The van der Waals surface area contributed by atoms with Crippen molar-refractivity contribution in [3.63, 3.8) is 0 Å². The standard InChI is InChI=1S/C19H22FN3O3S.ClH/c1-13-12-21-11-10-18(13)22-19(24)14-2-8-17(9-3-14)27(25,26)23-16-6-4-15(20)5-7-16;/h2-9,13,18,21,23H,10-12H2,1H3,(H,22,24);1H. The maximum atomic E-state index is 12.9. The Morgan fingerprint density at radius 1 is 1.11 bits per heavy atom. The first-order valence-electron chi connectivity index (χ1n) is 8.75. The van der Waals surface area contributed by atoms with Crippen molar-refractivity contribution in [1.82, 2.24) is 10.6 Å². The predicted octanol–water partition coefficient (Wildman–Crippen LogP) is 2.78. The van der Waals surface area contributed by atoms with E-state index in [1.54, 1.807) is 0 Å².